The molecule has 1 heterocycles. The first-order chi connectivity index (χ1) is 5.03. The minimum Gasteiger partial charge on any atom is -0.311 e. The smallest absolute Gasteiger partial charge is 0.241 e. The average molecular weight is 163 g/mol. The molecular formula is C8H15F2N. The molecule has 1 saturated heterocycles. The number of rotatable bonds is 3. The molecule has 0 amide bonds. The van der Waals surface area contributed by atoms with E-state index in [1.165, 1.54) is 0 Å². The van der Waals surface area contributed by atoms with Crippen LogP contribution < -0.4 is 5.32 Å². The van der Waals surface area contributed by atoms with Gasteiger partial charge in [-0.3, -0.25) is 0 Å². The van der Waals surface area contributed by atoms with Gasteiger partial charge in [0.05, 0.1) is 0 Å². The fourth-order valence-electron chi connectivity index (χ4n) is 1.53. The lowest BCUT2D eigenvalue weighted by Crippen LogP contribution is -2.55. The summed E-state index contributed by atoms with van der Waals surface area (Å²) >= 11 is 0. The maximum absolute atomic E-state index is 12.1. The van der Waals surface area contributed by atoms with Crippen LogP contribution in [0.4, 0.5) is 8.78 Å². The van der Waals surface area contributed by atoms with Gasteiger partial charge in [-0.15, -0.1) is 0 Å². The second-order valence-electron chi connectivity index (χ2n) is 3.75. The minimum atomic E-state index is -2.17. The van der Waals surface area contributed by atoms with Crippen molar-refractivity contribution in [2.75, 3.05) is 6.54 Å². The Bertz CT molecular complexity index is 132. The molecule has 1 rings (SSSR count). The van der Waals surface area contributed by atoms with E-state index in [4.69, 9.17) is 0 Å². The van der Waals surface area contributed by atoms with Crippen molar-refractivity contribution in [2.45, 2.75) is 38.7 Å². The van der Waals surface area contributed by atoms with Crippen LogP contribution in [-0.4, -0.2) is 18.5 Å². The zero-order chi connectivity index (χ0) is 8.48. The van der Waals surface area contributed by atoms with Crippen LogP contribution in [0.5, 0.6) is 0 Å². The van der Waals surface area contributed by atoms with Crippen molar-refractivity contribution in [2.24, 2.45) is 5.92 Å². The van der Waals surface area contributed by atoms with Gasteiger partial charge in [-0.05, 0) is 26.3 Å². The molecule has 0 aromatic heterocycles. The number of alkyl halides is 2. The van der Waals surface area contributed by atoms with Gasteiger partial charge in [-0.1, -0.05) is 6.92 Å². The highest BCUT2D eigenvalue weighted by molar-refractivity contribution is 4.93. The average Bonchev–Trinajstić information content (AvgIpc) is 1.84. The Morgan fingerprint density at radius 3 is 2.36 bits per heavy atom. The third-order valence-corrected chi connectivity index (χ3v) is 2.43. The Kier molecular flexibility index (Phi) is 2.47. The van der Waals surface area contributed by atoms with Gasteiger partial charge in [0.15, 0.2) is 0 Å². The number of nitrogens with one attached hydrogen (secondary N) is 1. The van der Waals surface area contributed by atoms with Gasteiger partial charge in [0.1, 0.15) is 0 Å². The molecule has 1 fully saturated rings. The maximum atomic E-state index is 12.1. The molecule has 3 heteroatoms. The van der Waals surface area contributed by atoms with Crippen LogP contribution in [-0.2, 0) is 0 Å². The molecule has 2 atom stereocenters. The topological polar surface area (TPSA) is 12.0 Å². The molecular weight excluding hydrogens is 148 g/mol. The van der Waals surface area contributed by atoms with Crippen molar-refractivity contribution in [3.05, 3.63) is 0 Å². The Morgan fingerprint density at radius 2 is 2.09 bits per heavy atom. The Labute approximate surface area is 66.2 Å². The van der Waals surface area contributed by atoms with E-state index >= 15 is 0 Å². The number of halogens is 2. The highest BCUT2D eigenvalue weighted by Crippen LogP contribution is 2.28. The number of hydrogen-bond donors (Lipinski definition) is 1. The summed E-state index contributed by atoms with van der Waals surface area (Å²) in [4.78, 5) is 0. The largest absolute Gasteiger partial charge is 0.311 e. The van der Waals surface area contributed by atoms with Crippen molar-refractivity contribution in [1.29, 1.82) is 0 Å². The summed E-state index contributed by atoms with van der Waals surface area (Å²) in [5, 5.41) is 3.17. The second kappa shape index (κ2) is 3.05. The first kappa shape index (κ1) is 8.91. The Balaban J connectivity index is 2.29. The molecule has 0 bridgehead atoms. The molecule has 66 valence electrons. The SMILES string of the molecule is CC(CC1(C)CCN1)C(F)F. The van der Waals surface area contributed by atoms with Crippen molar-refractivity contribution < 1.29 is 8.78 Å². The maximum Gasteiger partial charge on any atom is 0.241 e. The van der Waals surface area contributed by atoms with Crippen LogP contribution in [0.15, 0.2) is 0 Å². The quantitative estimate of drug-likeness (QED) is 0.671. The second-order valence-corrected chi connectivity index (χ2v) is 3.75. The van der Waals surface area contributed by atoms with Crippen LogP contribution in [0.2, 0.25) is 0 Å². The summed E-state index contributed by atoms with van der Waals surface area (Å²) in [6, 6.07) is 0. The van der Waals surface area contributed by atoms with Gasteiger partial charge < -0.3 is 5.32 Å². The summed E-state index contributed by atoms with van der Waals surface area (Å²) in [6.45, 7) is 4.59. The van der Waals surface area contributed by atoms with Crippen LogP contribution >= 0.6 is 0 Å². The molecule has 0 aromatic rings. The Morgan fingerprint density at radius 1 is 1.55 bits per heavy atom. The molecule has 0 radical (unpaired) electrons. The van der Waals surface area contributed by atoms with E-state index in [1.54, 1.807) is 6.92 Å². The van der Waals surface area contributed by atoms with E-state index in [2.05, 4.69) is 5.32 Å². The lowest BCUT2D eigenvalue weighted by molar-refractivity contribution is 0.0522. The van der Waals surface area contributed by atoms with Crippen LogP contribution in [0, 0.1) is 5.92 Å². The number of hydrogen-bond acceptors (Lipinski definition) is 1. The fourth-order valence-corrected chi connectivity index (χ4v) is 1.53. The van der Waals surface area contributed by atoms with Gasteiger partial charge in [0.25, 0.3) is 0 Å². The summed E-state index contributed by atoms with van der Waals surface area (Å²) in [5.41, 5.74) is -0.00412. The van der Waals surface area contributed by atoms with E-state index in [0.29, 0.717) is 6.42 Å². The van der Waals surface area contributed by atoms with Gasteiger partial charge in [0.2, 0.25) is 6.43 Å². The van der Waals surface area contributed by atoms with Crippen molar-refractivity contribution >= 4 is 0 Å². The molecule has 1 aliphatic rings. The molecule has 0 spiro atoms. The molecule has 0 aliphatic carbocycles. The summed E-state index contributed by atoms with van der Waals surface area (Å²) in [7, 11) is 0. The zero-order valence-electron chi connectivity index (χ0n) is 7.03. The molecule has 1 N–H and O–H groups in total. The third kappa shape index (κ3) is 2.12. The molecule has 11 heavy (non-hydrogen) atoms. The third-order valence-electron chi connectivity index (χ3n) is 2.43. The minimum absolute atomic E-state index is 0.00412. The summed E-state index contributed by atoms with van der Waals surface area (Å²) in [6.07, 6.45) is -0.552. The highest BCUT2D eigenvalue weighted by Gasteiger charge is 2.34. The lowest BCUT2D eigenvalue weighted by atomic mass is 9.82. The van der Waals surface area contributed by atoms with E-state index in [9.17, 15) is 8.78 Å². The zero-order valence-corrected chi connectivity index (χ0v) is 7.03. The first-order valence-electron chi connectivity index (χ1n) is 4.07. The standard InChI is InChI=1S/C8H15F2N/c1-6(7(9)10)5-8(2)3-4-11-8/h6-7,11H,3-5H2,1-2H3. The molecule has 0 aromatic carbocycles. The predicted octanol–water partition coefficient (Wildman–Crippen LogP) is 2.03. The van der Waals surface area contributed by atoms with Crippen molar-refractivity contribution in [1.82, 2.24) is 5.32 Å². The van der Waals surface area contributed by atoms with Gasteiger partial charge in [-0.25, -0.2) is 8.78 Å². The van der Waals surface area contributed by atoms with Gasteiger partial charge in [0, 0.05) is 11.5 Å². The highest BCUT2D eigenvalue weighted by atomic mass is 19.3. The van der Waals surface area contributed by atoms with E-state index < -0.39 is 12.3 Å². The lowest BCUT2D eigenvalue weighted by Gasteiger charge is -2.41. The molecule has 2 unspecified atom stereocenters. The molecule has 1 nitrogen and oxygen atoms in total. The normalized spacial score (nSPS) is 33.5. The molecule has 1 aliphatic heterocycles. The molecule has 0 saturated carbocycles. The van der Waals surface area contributed by atoms with Gasteiger partial charge >= 0.3 is 0 Å². The van der Waals surface area contributed by atoms with E-state index in [0.717, 1.165) is 13.0 Å². The fraction of sp³-hybridized carbons (Fsp3) is 1.00. The van der Waals surface area contributed by atoms with E-state index in [-0.39, 0.29) is 5.54 Å². The van der Waals surface area contributed by atoms with E-state index in [1.807, 2.05) is 6.92 Å². The van der Waals surface area contributed by atoms with Crippen molar-refractivity contribution in [3.8, 4) is 0 Å². The van der Waals surface area contributed by atoms with Crippen molar-refractivity contribution in [3.63, 3.8) is 0 Å². The summed E-state index contributed by atoms with van der Waals surface area (Å²) < 4.78 is 24.2. The monoisotopic (exact) mass is 163 g/mol. The van der Waals surface area contributed by atoms with Gasteiger partial charge in [-0.2, -0.15) is 0 Å². The van der Waals surface area contributed by atoms with Crippen LogP contribution in [0.3, 0.4) is 0 Å². The summed E-state index contributed by atoms with van der Waals surface area (Å²) in [5.74, 6) is -0.479. The van der Waals surface area contributed by atoms with Crippen LogP contribution in [0.1, 0.15) is 26.7 Å². The first-order valence-corrected chi connectivity index (χ1v) is 4.07. The van der Waals surface area contributed by atoms with Crippen LogP contribution in [0.25, 0.3) is 0 Å². The Hall–Kier alpha value is -0.180. The predicted molar refractivity (Wildman–Crippen MR) is 40.8 cm³/mol.